The second-order valence-corrected chi connectivity index (χ2v) is 5.85. The van der Waals surface area contributed by atoms with Gasteiger partial charge in [0.25, 0.3) is 10.5 Å². The van der Waals surface area contributed by atoms with Gasteiger partial charge in [-0.25, -0.2) is 0 Å². The lowest BCUT2D eigenvalue weighted by atomic mass is 10.3. The second-order valence-electron chi connectivity index (χ2n) is 3.89. The molecule has 0 saturated carbocycles. The predicted octanol–water partition coefficient (Wildman–Crippen LogP) is 1.19. The van der Waals surface area contributed by atoms with Gasteiger partial charge in [0.05, 0.1) is 11.5 Å². The molecule has 118 valence electrons. The summed E-state index contributed by atoms with van der Waals surface area (Å²) in [6.07, 6.45) is 0. The van der Waals surface area contributed by atoms with E-state index in [1.54, 1.807) is 24.3 Å². The fraction of sp³-hybridized carbons (Fsp3) is 0.167. The third-order valence-electron chi connectivity index (χ3n) is 2.14. The van der Waals surface area contributed by atoms with Crippen LogP contribution in [0.25, 0.3) is 0 Å². The Labute approximate surface area is 134 Å². The van der Waals surface area contributed by atoms with Crippen LogP contribution in [0, 0.1) is 0 Å². The van der Waals surface area contributed by atoms with Gasteiger partial charge in [0.1, 0.15) is 0 Å². The van der Waals surface area contributed by atoms with E-state index in [0.717, 1.165) is 0 Å². The molecular weight excluding hydrogens is 328 g/mol. The number of carbonyl (C=O) groups excluding carboxylic acids is 4. The molecule has 0 bridgehead atoms. The highest BCUT2D eigenvalue weighted by Crippen LogP contribution is 2.14. The van der Waals surface area contributed by atoms with Crippen molar-refractivity contribution in [3.63, 3.8) is 0 Å². The van der Waals surface area contributed by atoms with Crippen molar-refractivity contribution in [3.8, 4) is 0 Å². The zero-order chi connectivity index (χ0) is 16.5. The minimum atomic E-state index is -0.623. The van der Waals surface area contributed by atoms with Gasteiger partial charge in [-0.1, -0.05) is 23.5 Å². The van der Waals surface area contributed by atoms with Gasteiger partial charge in [0.2, 0.25) is 11.8 Å². The Morgan fingerprint density at radius 1 is 0.773 bits per heavy atom. The van der Waals surface area contributed by atoms with Crippen molar-refractivity contribution in [2.45, 2.75) is 0 Å². The maximum Gasteiger partial charge on any atom is 0.276 e. The molecule has 0 radical (unpaired) electrons. The average molecular weight is 342 g/mol. The first kappa shape index (κ1) is 17.9. The highest BCUT2D eigenvalue weighted by atomic mass is 32.2. The molecule has 0 heterocycles. The molecule has 6 N–H and O–H groups in total. The van der Waals surface area contributed by atoms with Crippen LogP contribution in [0.2, 0.25) is 0 Å². The highest BCUT2D eigenvalue weighted by molar-refractivity contribution is 8.14. The van der Waals surface area contributed by atoms with Crippen LogP contribution >= 0.6 is 23.5 Å². The third kappa shape index (κ3) is 7.55. The maximum absolute atomic E-state index is 11.5. The normalized spacial score (nSPS) is 9.82. The molecule has 1 aromatic rings. The van der Waals surface area contributed by atoms with Crippen molar-refractivity contribution in [2.24, 2.45) is 11.5 Å². The summed E-state index contributed by atoms with van der Waals surface area (Å²) in [5.74, 6) is -0.868. The first-order valence-corrected chi connectivity index (χ1v) is 7.88. The number of thioether (sulfide) groups is 2. The van der Waals surface area contributed by atoms with Gasteiger partial charge in [-0.05, 0) is 24.3 Å². The lowest BCUT2D eigenvalue weighted by Gasteiger charge is -2.07. The van der Waals surface area contributed by atoms with E-state index in [4.69, 9.17) is 11.5 Å². The number of benzene rings is 1. The largest absolute Gasteiger partial charge is 0.361 e. The molecule has 0 aliphatic rings. The fourth-order valence-electron chi connectivity index (χ4n) is 1.30. The van der Waals surface area contributed by atoms with E-state index in [2.05, 4.69) is 10.6 Å². The van der Waals surface area contributed by atoms with Crippen LogP contribution in [0.15, 0.2) is 24.3 Å². The van der Waals surface area contributed by atoms with E-state index in [-0.39, 0.29) is 23.3 Å². The summed E-state index contributed by atoms with van der Waals surface area (Å²) in [5, 5.41) is 3.90. The first-order valence-electron chi connectivity index (χ1n) is 5.91. The van der Waals surface area contributed by atoms with Gasteiger partial charge in [0, 0.05) is 11.4 Å². The summed E-state index contributed by atoms with van der Waals surface area (Å²) in [7, 11) is 0. The van der Waals surface area contributed by atoms with E-state index in [1.165, 1.54) is 0 Å². The number of hydrogen-bond donors (Lipinski definition) is 4. The zero-order valence-electron chi connectivity index (χ0n) is 11.3. The number of carbonyl (C=O) groups is 4. The summed E-state index contributed by atoms with van der Waals surface area (Å²) in [4.78, 5) is 44.0. The van der Waals surface area contributed by atoms with Gasteiger partial charge in [-0.2, -0.15) is 0 Å². The molecule has 0 aliphatic heterocycles. The van der Waals surface area contributed by atoms with Gasteiger partial charge < -0.3 is 22.1 Å². The van der Waals surface area contributed by atoms with Crippen LogP contribution < -0.4 is 22.1 Å². The third-order valence-corrected chi connectivity index (χ3v) is 3.53. The van der Waals surface area contributed by atoms with E-state index in [9.17, 15) is 19.2 Å². The molecule has 0 aromatic heterocycles. The molecule has 4 amide bonds. The molecular formula is C12H14N4O4S2. The number of amides is 4. The van der Waals surface area contributed by atoms with Crippen LogP contribution in [0.1, 0.15) is 0 Å². The highest BCUT2D eigenvalue weighted by Gasteiger charge is 2.07. The number of rotatable bonds is 6. The van der Waals surface area contributed by atoms with Gasteiger partial charge >= 0.3 is 0 Å². The van der Waals surface area contributed by atoms with Gasteiger partial charge in [-0.15, -0.1) is 0 Å². The van der Waals surface area contributed by atoms with Gasteiger partial charge in [-0.3, -0.25) is 19.2 Å². The predicted molar refractivity (Wildman–Crippen MR) is 87.8 cm³/mol. The summed E-state index contributed by atoms with van der Waals surface area (Å²) in [6, 6.07) is 6.35. The summed E-state index contributed by atoms with van der Waals surface area (Å²) in [5.41, 5.74) is 10.9. The molecule has 0 spiro atoms. The van der Waals surface area contributed by atoms with E-state index < -0.39 is 10.5 Å². The molecule has 0 unspecified atom stereocenters. The SMILES string of the molecule is NC(=O)SCC(=O)Nc1ccc(NC(=O)CSC(N)=O)cc1. The Morgan fingerprint density at radius 3 is 1.36 bits per heavy atom. The number of nitrogens with one attached hydrogen (secondary N) is 2. The fourth-order valence-corrected chi connectivity index (χ4v) is 2.00. The van der Waals surface area contributed by atoms with E-state index >= 15 is 0 Å². The lowest BCUT2D eigenvalue weighted by molar-refractivity contribution is -0.114. The zero-order valence-corrected chi connectivity index (χ0v) is 13.0. The van der Waals surface area contributed by atoms with Gasteiger partial charge in [0.15, 0.2) is 0 Å². The topological polar surface area (TPSA) is 144 Å². The molecule has 0 saturated heterocycles. The van der Waals surface area contributed by atoms with Crippen LogP contribution in [-0.4, -0.2) is 33.8 Å². The molecule has 8 nitrogen and oxygen atoms in total. The molecule has 0 fully saturated rings. The first-order chi connectivity index (χ1) is 10.4. The summed E-state index contributed by atoms with van der Waals surface area (Å²) < 4.78 is 0. The Balaban J connectivity index is 2.45. The summed E-state index contributed by atoms with van der Waals surface area (Å²) >= 11 is 1.42. The van der Waals surface area contributed by atoms with Crippen LogP contribution in [0.5, 0.6) is 0 Å². The molecule has 1 aromatic carbocycles. The lowest BCUT2D eigenvalue weighted by Crippen LogP contribution is -2.18. The van der Waals surface area contributed by atoms with Crippen molar-refractivity contribution >= 4 is 57.2 Å². The van der Waals surface area contributed by atoms with Crippen LogP contribution in [0.4, 0.5) is 21.0 Å². The standard InChI is InChI=1S/C12H14N4O4S2/c13-11(19)21-5-9(17)15-7-1-2-8(4-3-7)16-10(18)6-22-12(14)20/h1-4H,5-6H2,(H2,13,19)(H2,14,20)(H,15,17)(H,16,18). The Morgan fingerprint density at radius 2 is 1.09 bits per heavy atom. The van der Waals surface area contributed by atoms with Crippen molar-refractivity contribution in [3.05, 3.63) is 24.3 Å². The van der Waals surface area contributed by atoms with Crippen molar-refractivity contribution in [1.82, 2.24) is 0 Å². The molecule has 10 heteroatoms. The quantitative estimate of drug-likeness (QED) is 0.611. The average Bonchev–Trinajstić information content (AvgIpc) is 2.45. The molecule has 22 heavy (non-hydrogen) atoms. The van der Waals surface area contributed by atoms with Crippen LogP contribution in [0.3, 0.4) is 0 Å². The monoisotopic (exact) mass is 342 g/mol. The number of anilines is 2. The Bertz CT molecular complexity index is 526. The molecule has 0 atom stereocenters. The van der Waals surface area contributed by atoms with E-state index in [0.29, 0.717) is 34.9 Å². The maximum atomic E-state index is 11.5. The Kier molecular flexibility index (Phi) is 7.26. The Hall–Kier alpha value is -2.20. The van der Waals surface area contributed by atoms with Crippen molar-refractivity contribution in [1.29, 1.82) is 0 Å². The van der Waals surface area contributed by atoms with Crippen molar-refractivity contribution in [2.75, 3.05) is 22.1 Å². The number of hydrogen-bond acceptors (Lipinski definition) is 6. The van der Waals surface area contributed by atoms with E-state index in [1.807, 2.05) is 0 Å². The number of nitrogens with two attached hydrogens (primary N) is 2. The molecule has 0 aliphatic carbocycles. The smallest absolute Gasteiger partial charge is 0.276 e. The minimum Gasteiger partial charge on any atom is -0.361 e. The second kappa shape index (κ2) is 8.95. The minimum absolute atomic E-state index is 0.0713. The summed E-state index contributed by atoms with van der Waals surface area (Å²) in [6.45, 7) is 0. The molecule has 1 rings (SSSR count). The van der Waals surface area contributed by atoms with Crippen molar-refractivity contribution < 1.29 is 19.2 Å². The van der Waals surface area contributed by atoms with Crippen LogP contribution in [-0.2, 0) is 9.59 Å². The number of primary amides is 2.